The summed E-state index contributed by atoms with van der Waals surface area (Å²) in [6, 6.07) is 8.24. The van der Waals surface area contributed by atoms with Crippen molar-refractivity contribution < 1.29 is 4.79 Å². The lowest BCUT2D eigenvalue weighted by atomic mass is 10.1. The first-order valence-electron chi connectivity index (χ1n) is 9.33. The molecule has 1 unspecified atom stereocenters. The smallest absolute Gasteiger partial charge is 0.321 e. The van der Waals surface area contributed by atoms with Gasteiger partial charge in [0.15, 0.2) is 0 Å². The molecule has 2 aliphatic rings. The monoisotopic (exact) mass is 330 g/mol. The largest absolute Gasteiger partial charge is 0.367 e. The van der Waals surface area contributed by atoms with E-state index in [1.54, 1.807) is 0 Å². The van der Waals surface area contributed by atoms with Crippen LogP contribution in [0.1, 0.15) is 26.7 Å². The summed E-state index contributed by atoms with van der Waals surface area (Å²) in [5, 5.41) is 3.15. The number of nitrogens with one attached hydrogen (secondary N) is 1. The molecule has 24 heavy (non-hydrogen) atoms. The number of urea groups is 1. The van der Waals surface area contributed by atoms with Crippen LogP contribution in [-0.2, 0) is 0 Å². The average molecular weight is 330 g/mol. The lowest BCUT2D eigenvalue weighted by molar-refractivity contribution is 0.220. The summed E-state index contributed by atoms with van der Waals surface area (Å²) < 4.78 is 0. The number of likely N-dealkylation sites (tertiary alicyclic amines) is 1. The molecule has 2 aliphatic heterocycles. The molecule has 0 spiro atoms. The standard InChI is InChI=1S/C19H30N4O/c1-3-16-9-10-23(15-16)19(24)20-17-7-5-6-8-18(17)22-13-11-21(4-2)12-14-22/h5-8,16H,3-4,9-15H2,1-2H3,(H,20,24). The summed E-state index contributed by atoms with van der Waals surface area (Å²) in [5.41, 5.74) is 2.08. The van der Waals surface area contributed by atoms with Crippen molar-refractivity contribution in [3.8, 4) is 0 Å². The zero-order valence-corrected chi connectivity index (χ0v) is 15.0. The van der Waals surface area contributed by atoms with Gasteiger partial charge in [-0.15, -0.1) is 0 Å². The van der Waals surface area contributed by atoms with Gasteiger partial charge in [0.2, 0.25) is 0 Å². The molecular weight excluding hydrogens is 300 g/mol. The van der Waals surface area contributed by atoms with Crippen molar-refractivity contribution in [2.24, 2.45) is 5.92 Å². The number of amides is 2. The summed E-state index contributed by atoms with van der Waals surface area (Å²) >= 11 is 0. The van der Waals surface area contributed by atoms with Crippen LogP contribution in [0, 0.1) is 5.92 Å². The molecule has 1 aromatic rings. The van der Waals surface area contributed by atoms with Crippen molar-refractivity contribution >= 4 is 17.4 Å². The third kappa shape index (κ3) is 3.83. The van der Waals surface area contributed by atoms with Crippen LogP contribution >= 0.6 is 0 Å². The Morgan fingerprint density at radius 3 is 2.54 bits per heavy atom. The van der Waals surface area contributed by atoms with E-state index in [0.717, 1.165) is 70.0 Å². The molecule has 2 fully saturated rings. The lowest BCUT2D eigenvalue weighted by Gasteiger charge is -2.36. The van der Waals surface area contributed by atoms with Gasteiger partial charge >= 0.3 is 6.03 Å². The van der Waals surface area contributed by atoms with E-state index in [1.807, 2.05) is 17.0 Å². The Balaban J connectivity index is 1.65. The number of hydrogen-bond acceptors (Lipinski definition) is 3. The molecule has 2 saturated heterocycles. The SMILES string of the molecule is CCC1CCN(C(=O)Nc2ccccc2N2CCN(CC)CC2)C1. The highest BCUT2D eigenvalue weighted by atomic mass is 16.2. The van der Waals surface area contributed by atoms with Gasteiger partial charge in [-0.25, -0.2) is 4.79 Å². The van der Waals surface area contributed by atoms with Crippen LogP contribution in [0.25, 0.3) is 0 Å². The van der Waals surface area contributed by atoms with Crippen molar-refractivity contribution in [3.05, 3.63) is 24.3 Å². The predicted molar refractivity (Wildman–Crippen MR) is 99.8 cm³/mol. The zero-order valence-electron chi connectivity index (χ0n) is 15.0. The summed E-state index contributed by atoms with van der Waals surface area (Å²) in [6.45, 7) is 11.5. The van der Waals surface area contributed by atoms with Crippen molar-refractivity contribution in [2.75, 3.05) is 56.0 Å². The summed E-state index contributed by atoms with van der Waals surface area (Å²) in [6.07, 6.45) is 2.28. The first-order valence-corrected chi connectivity index (χ1v) is 9.33. The second kappa shape index (κ2) is 7.88. The van der Waals surface area contributed by atoms with Gasteiger partial charge in [-0.2, -0.15) is 0 Å². The van der Waals surface area contributed by atoms with E-state index in [0.29, 0.717) is 5.92 Å². The fraction of sp³-hybridized carbons (Fsp3) is 0.632. The van der Waals surface area contributed by atoms with Crippen LogP contribution < -0.4 is 10.2 Å². The number of carbonyl (C=O) groups is 1. The Hall–Kier alpha value is -1.75. The molecular formula is C19H30N4O. The molecule has 3 rings (SSSR count). The predicted octanol–water partition coefficient (Wildman–Crippen LogP) is 3.09. The summed E-state index contributed by atoms with van der Waals surface area (Å²) in [4.78, 5) is 19.4. The highest BCUT2D eigenvalue weighted by Crippen LogP contribution is 2.28. The second-order valence-corrected chi connectivity index (χ2v) is 6.88. The molecule has 0 aliphatic carbocycles. The van der Waals surface area contributed by atoms with Crippen LogP contribution in [0.3, 0.4) is 0 Å². The molecule has 132 valence electrons. The molecule has 0 aromatic heterocycles. The van der Waals surface area contributed by atoms with E-state index in [-0.39, 0.29) is 6.03 Å². The van der Waals surface area contributed by atoms with E-state index in [9.17, 15) is 4.79 Å². The minimum Gasteiger partial charge on any atom is -0.367 e. The molecule has 2 heterocycles. The first kappa shape index (κ1) is 17.1. The van der Waals surface area contributed by atoms with Crippen LogP contribution in [0.4, 0.5) is 16.2 Å². The molecule has 0 radical (unpaired) electrons. The number of piperazine rings is 1. The number of rotatable bonds is 4. The zero-order chi connectivity index (χ0) is 16.9. The first-order chi connectivity index (χ1) is 11.7. The van der Waals surface area contributed by atoms with Gasteiger partial charge < -0.3 is 20.0 Å². The van der Waals surface area contributed by atoms with E-state index >= 15 is 0 Å². The molecule has 5 nitrogen and oxygen atoms in total. The van der Waals surface area contributed by atoms with Crippen molar-refractivity contribution in [1.82, 2.24) is 9.80 Å². The third-order valence-electron chi connectivity index (χ3n) is 5.46. The fourth-order valence-corrected chi connectivity index (χ4v) is 3.70. The highest BCUT2D eigenvalue weighted by Gasteiger charge is 2.26. The van der Waals surface area contributed by atoms with Gasteiger partial charge in [0.1, 0.15) is 0 Å². The Bertz CT molecular complexity index is 554. The number of anilines is 2. The summed E-state index contributed by atoms with van der Waals surface area (Å²) in [7, 11) is 0. The van der Waals surface area contributed by atoms with Crippen LogP contribution in [0.5, 0.6) is 0 Å². The maximum atomic E-state index is 12.6. The van der Waals surface area contributed by atoms with Gasteiger partial charge in [0.05, 0.1) is 11.4 Å². The van der Waals surface area contributed by atoms with E-state index in [2.05, 4.69) is 41.1 Å². The number of para-hydroxylation sites is 2. The van der Waals surface area contributed by atoms with Gasteiger partial charge in [-0.05, 0) is 31.0 Å². The Kier molecular flexibility index (Phi) is 5.61. The maximum absolute atomic E-state index is 12.6. The molecule has 0 bridgehead atoms. The van der Waals surface area contributed by atoms with Crippen LogP contribution in [-0.4, -0.2) is 61.6 Å². The number of likely N-dealkylation sites (N-methyl/N-ethyl adjacent to an activating group) is 1. The van der Waals surface area contributed by atoms with Gasteiger partial charge in [0, 0.05) is 39.3 Å². The van der Waals surface area contributed by atoms with Gasteiger partial charge in [-0.3, -0.25) is 0 Å². The van der Waals surface area contributed by atoms with E-state index in [1.165, 1.54) is 0 Å². The average Bonchev–Trinajstić information content (AvgIpc) is 3.12. The molecule has 1 atom stereocenters. The molecule has 5 heteroatoms. The second-order valence-electron chi connectivity index (χ2n) is 6.88. The van der Waals surface area contributed by atoms with Crippen molar-refractivity contribution in [3.63, 3.8) is 0 Å². The topological polar surface area (TPSA) is 38.8 Å². The Morgan fingerprint density at radius 2 is 1.88 bits per heavy atom. The number of benzene rings is 1. The van der Waals surface area contributed by atoms with Crippen LogP contribution in [0.2, 0.25) is 0 Å². The minimum absolute atomic E-state index is 0.0468. The van der Waals surface area contributed by atoms with Gasteiger partial charge in [0.25, 0.3) is 0 Å². The quantitative estimate of drug-likeness (QED) is 0.922. The normalized spacial score (nSPS) is 22.0. The Morgan fingerprint density at radius 1 is 1.12 bits per heavy atom. The third-order valence-corrected chi connectivity index (χ3v) is 5.46. The highest BCUT2D eigenvalue weighted by molar-refractivity contribution is 5.93. The molecule has 2 amide bonds. The maximum Gasteiger partial charge on any atom is 0.321 e. The molecule has 1 N–H and O–H groups in total. The summed E-state index contributed by atoms with van der Waals surface area (Å²) in [5.74, 6) is 0.660. The number of hydrogen-bond donors (Lipinski definition) is 1. The van der Waals surface area contributed by atoms with E-state index < -0.39 is 0 Å². The Labute approximate surface area is 145 Å². The minimum atomic E-state index is 0.0468. The van der Waals surface area contributed by atoms with E-state index in [4.69, 9.17) is 0 Å². The van der Waals surface area contributed by atoms with Crippen LogP contribution in [0.15, 0.2) is 24.3 Å². The van der Waals surface area contributed by atoms with Crippen molar-refractivity contribution in [2.45, 2.75) is 26.7 Å². The molecule has 0 saturated carbocycles. The van der Waals surface area contributed by atoms with Crippen molar-refractivity contribution in [1.29, 1.82) is 0 Å². The fourth-order valence-electron chi connectivity index (χ4n) is 3.70. The number of nitrogens with zero attached hydrogens (tertiary/aromatic N) is 3. The van der Waals surface area contributed by atoms with Gasteiger partial charge in [-0.1, -0.05) is 32.4 Å². The lowest BCUT2D eigenvalue weighted by Crippen LogP contribution is -2.46. The number of carbonyl (C=O) groups excluding carboxylic acids is 1. The molecule has 1 aromatic carbocycles.